The molecular weight excluding hydrogens is 348 g/mol. The van der Waals surface area contributed by atoms with Crippen molar-refractivity contribution >= 4 is 5.96 Å². The quantitative estimate of drug-likeness (QED) is 0.571. The molecule has 0 aliphatic carbocycles. The van der Waals surface area contributed by atoms with E-state index in [4.69, 9.17) is 0 Å². The second kappa shape index (κ2) is 10.3. The lowest BCUT2D eigenvalue weighted by molar-refractivity contribution is 0.187. The van der Waals surface area contributed by atoms with Gasteiger partial charge in [0.2, 0.25) is 0 Å². The standard InChI is InChI=1S/C22H34N6/c1-18(2)16-27-12-9-20(10-13-27)26-22(23-3)25-15-21-24-11-14-28(21)17-19-7-5-4-6-8-19/h4-8,11,14,18,20H,9-10,12-13,15-17H2,1-3H3,(H2,23,25,26). The van der Waals surface area contributed by atoms with E-state index in [9.17, 15) is 0 Å². The average Bonchev–Trinajstić information content (AvgIpc) is 3.14. The highest BCUT2D eigenvalue weighted by atomic mass is 15.2. The Kier molecular flexibility index (Phi) is 7.48. The van der Waals surface area contributed by atoms with Crippen LogP contribution in [0.3, 0.4) is 0 Å². The van der Waals surface area contributed by atoms with Crippen molar-refractivity contribution in [2.45, 2.75) is 45.8 Å². The molecule has 1 aromatic heterocycles. The first-order valence-electron chi connectivity index (χ1n) is 10.4. The molecule has 0 atom stereocenters. The number of piperidine rings is 1. The SMILES string of the molecule is CN=C(NCc1nccn1Cc1ccccc1)NC1CCN(CC(C)C)CC1. The highest BCUT2D eigenvalue weighted by molar-refractivity contribution is 5.79. The number of hydrogen-bond donors (Lipinski definition) is 2. The number of hydrogen-bond acceptors (Lipinski definition) is 3. The van der Waals surface area contributed by atoms with Crippen LogP contribution in [0.2, 0.25) is 0 Å². The molecule has 3 rings (SSSR count). The lowest BCUT2D eigenvalue weighted by atomic mass is 10.0. The zero-order valence-electron chi connectivity index (χ0n) is 17.4. The van der Waals surface area contributed by atoms with Crippen molar-refractivity contribution in [3.63, 3.8) is 0 Å². The van der Waals surface area contributed by atoms with Crippen molar-refractivity contribution in [2.24, 2.45) is 10.9 Å². The third-order valence-corrected chi connectivity index (χ3v) is 5.19. The minimum absolute atomic E-state index is 0.485. The number of guanidine groups is 1. The molecule has 1 fully saturated rings. The van der Waals surface area contributed by atoms with Crippen molar-refractivity contribution in [2.75, 3.05) is 26.7 Å². The van der Waals surface area contributed by atoms with Gasteiger partial charge in [-0.05, 0) is 24.3 Å². The van der Waals surface area contributed by atoms with Crippen molar-refractivity contribution < 1.29 is 0 Å². The molecule has 0 spiro atoms. The van der Waals surface area contributed by atoms with Crippen LogP contribution in [0.25, 0.3) is 0 Å². The zero-order valence-corrected chi connectivity index (χ0v) is 17.4. The normalized spacial score (nSPS) is 16.5. The third kappa shape index (κ3) is 6.09. The van der Waals surface area contributed by atoms with Crippen LogP contribution in [0.4, 0.5) is 0 Å². The average molecular weight is 383 g/mol. The molecule has 6 nitrogen and oxygen atoms in total. The van der Waals surface area contributed by atoms with Crippen LogP contribution in [-0.4, -0.2) is 53.1 Å². The number of likely N-dealkylation sites (tertiary alicyclic amines) is 1. The van der Waals surface area contributed by atoms with Gasteiger partial charge in [-0.25, -0.2) is 4.98 Å². The number of aromatic nitrogens is 2. The Bertz CT molecular complexity index is 728. The Morgan fingerprint density at radius 3 is 2.64 bits per heavy atom. The van der Waals surface area contributed by atoms with Crippen LogP contribution >= 0.6 is 0 Å². The highest BCUT2D eigenvalue weighted by Gasteiger charge is 2.20. The van der Waals surface area contributed by atoms with Crippen LogP contribution in [0, 0.1) is 5.92 Å². The summed E-state index contributed by atoms with van der Waals surface area (Å²) in [6.07, 6.45) is 6.22. The number of nitrogens with zero attached hydrogens (tertiary/aromatic N) is 4. The monoisotopic (exact) mass is 382 g/mol. The van der Waals surface area contributed by atoms with Crippen molar-refractivity contribution in [1.82, 2.24) is 25.1 Å². The zero-order chi connectivity index (χ0) is 19.8. The summed E-state index contributed by atoms with van der Waals surface area (Å²) < 4.78 is 2.18. The summed E-state index contributed by atoms with van der Waals surface area (Å²) in [4.78, 5) is 11.5. The van der Waals surface area contributed by atoms with Gasteiger partial charge in [0.1, 0.15) is 5.82 Å². The molecule has 0 bridgehead atoms. The number of benzene rings is 1. The van der Waals surface area contributed by atoms with Gasteiger partial charge in [0.15, 0.2) is 5.96 Å². The fourth-order valence-electron chi connectivity index (χ4n) is 3.76. The summed E-state index contributed by atoms with van der Waals surface area (Å²) in [6, 6.07) is 11.0. The maximum atomic E-state index is 4.51. The predicted molar refractivity (Wildman–Crippen MR) is 115 cm³/mol. The molecule has 1 saturated heterocycles. The molecule has 2 aromatic rings. The Morgan fingerprint density at radius 1 is 1.21 bits per heavy atom. The molecule has 2 N–H and O–H groups in total. The number of nitrogens with one attached hydrogen (secondary N) is 2. The van der Waals surface area contributed by atoms with Crippen LogP contribution in [-0.2, 0) is 13.1 Å². The molecule has 1 aromatic carbocycles. The Morgan fingerprint density at radius 2 is 1.96 bits per heavy atom. The van der Waals surface area contributed by atoms with E-state index >= 15 is 0 Å². The van der Waals surface area contributed by atoms with Gasteiger partial charge in [0.25, 0.3) is 0 Å². The van der Waals surface area contributed by atoms with Gasteiger partial charge >= 0.3 is 0 Å². The molecule has 0 amide bonds. The van der Waals surface area contributed by atoms with E-state index in [0.717, 1.165) is 50.2 Å². The van der Waals surface area contributed by atoms with Crippen LogP contribution in [0.5, 0.6) is 0 Å². The highest BCUT2D eigenvalue weighted by Crippen LogP contribution is 2.12. The van der Waals surface area contributed by atoms with E-state index in [1.165, 1.54) is 12.1 Å². The summed E-state index contributed by atoms with van der Waals surface area (Å²) in [7, 11) is 1.83. The molecule has 2 heterocycles. The lowest BCUT2D eigenvalue weighted by Gasteiger charge is -2.33. The Hall–Kier alpha value is -2.34. The summed E-state index contributed by atoms with van der Waals surface area (Å²) >= 11 is 0. The summed E-state index contributed by atoms with van der Waals surface area (Å²) in [5.74, 6) is 2.61. The van der Waals surface area contributed by atoms with Gasteiger partial charge in [-0.15, -0.1) is 0 Å². The maximum absolute atomic E-state index is 4.51. The molecule has 1 aliphatic rings. The molecule has 6 heteroatoms. The molecular formula is C22H34N6. The lowest BCUT2D eigenvalue weighted by Crippen LogP contribution is -2.49. The van der Waals surface area contributed by atoms with Crippen molar-refractivity contribution in [1.29, 1.82) is 0 Å². The van der Waals surface area contributed by atoms with Gasteiger partial charge < -0.3 is 20.1 Å². The predicted octanol–water partition coefficient (Wildman–Crippen LogP) is 2.72. The van der Waals surface area contributed by atoms with E-state index in [-0.39, 0.29) is 0 Å². The Labute approximate surface area is 169 Å². The number of aliphatic imine (C=N–C) groups is 1. The van der Waals surface area contributed by atoms with Crippen LogP contribution in [0.15, 0.2) is 47.7 Å². The van der Waals surface area contributed by atoms with Gasteiger partial charge in [-0.3, -0.25) is 4.99 Å². The van der Waals surface area contributed by atoms with E-state index in [0.29, 0.717) is 12.6 Å². The maximum Gasteiger partial charge on any atom is 0.191 e. The van der Waals surface area contributed by atoms with Crippen molar-refractivity contribution in [3.8, 4) is 0 Å². The molecule has 1 aliphatic heterocycles. The van der Waals surface area contributed by atoms with Gasteiger partial charge in [-0.2, -0.15) is 0 Å². The molecule has 0 radical (unpaired) electrons. The van der Waals surface area contributed by atoms with Crippen LogP contribution < -0.4 is 10.6 Å². The number of imidazole rings is 1. The van der Waals surface area contributed by atoms with E-state index in [1.54, 1.807) is 0 Å². The smallest absolute Gasteiger partial charge is 0.191 e. The summed E-state index contributed by atoms with van der Waals surface area (Å²) in [5.41, 5.74) is 1.28. The second-order valence-electron chi connectivity index (χ2n) is 8.00. The van der Waals surface area contributed by atoms with Crippen LogP contribution in [0.1, 0.15) is 38.1 Å². The fourth-order valence-corrected chi connectivity index (χ4v) is 3.76. The van der Waals surface area contributed by atoms with E-state index < -0.39 is 0 Å². The third-order valence-electron chi connectivity index (χ3n) is 5.19. The van der Waals surface area contributed by atoms with Crippen molar-refractivity contribution in [3.05, 3.63) is 54.1 Å². The minimum Gasteiger partial charge on any atom is -0.354 e. The fraction of sp³-hybridized carbons (Fsp3) is 0.545. The van der Waals surface area contributed by atoms with E-state index in [2.05, 4.69) is 68.2 Å². The van der Waals surface area contributed by atoms with Gasteiger partial charge in [0, 0.05) is 51.7 Å². The largest absolute Gasteiger partial charge is 0.354 e. The minimum atomic E-state index is 0.485. The first kappa shape index (κ1) is 20.4. The van der Waals surface area contributed by atoms with E-state index in [1.807, 2.05) is 25.5 Å². The topological polar surface area (TPSA) is 57.5 Å². The summed E-state index contributed by atoms with van der Waals surface area (Å²) in [6.45, 7) is 9.59. The number of rotatable bonds is 7. The molecule has 28 heavy (non-hydrogen) atoms. The van der Waals surface area contributed by atoms with Gasteiger partial charge in [-0.1, -0.05) is 44.2 Å². The second-order valence-corrected chi connectivity index (χ2v) is 8.00. The Balaban J connectivity index is 1.47. The molecule has 152 valence electrons. The molecule has 0 unspecified atom stereocenters. The first-order chi connectivity index (χ1) is 13.6. The summed E-state index contributed by atoms with van der Waals surface area (Å²) in [5, 5.41) is 7.02. The molecule has 0 saturated carbocycles. The first-order valence-corrected chi connectivity index (χ1v) is 10.4. The van der Waals surface area contributed by atoms with Gasteiger partial charge in [0.05, 0.1) is 6.54 Å².